The average Bonchev–Trinajstić information content (AvgIpc) is 3.49. The van der Waals surface area contributed by atoms with Gasteiger partial charge in [-0.05, 0) is 46.2 Å². The fraction of sp³-hybridized carbons (Fsp3) is 0.562. The molecule has 6 aliphatic rings. The topological polar surface area (TPSA) is 105 Å². The van der Waals surface area contributed by atoms with E-state index in [-0.39, 0.29) is 30.0 Å². The number of fused-ring (bicyclic) bond motifs is 1. The zero-order valence-corrected chi connectivity index (χ0v) is 24.7. The van der Waals surface area contributed by atoms with E-state index in [0.717, 1.165) is 45.0 Å². The van der Waals surface area contributed by atoms with Gasteiger partial charge < -0.3 is 18.9 Å². The van der Waals surface area contributed by atoms with E-state index in [9.17, 15) is 9.59 Å². The van der Waals surface area contributed by atoms with Crippen LogP contribution in [0.15, 0.2) is 47.7 Å². The van der Waals surface area contributed by atoms with Crippen LogP contribution in [-0.2, 0) is 27.4 Å². The second-order valence-corrected chi connectivity index (χ2v) is 12.9. The van der Waals surface area contributed by atoms with Crippen LogP contribution in [0.5, 0.6) is 11.5 Å². The van der Waals surface area contributed by atoms with Crippen LogP contribution >= 0.6 is 0 Å². The molecule has 4 atom stereocenters. The molecular formula is C32H38N4O6. The lowest BCUT2D eigenvalue weighted by atomic mass is 9.51. The van der Waals surface area contributed by atoms with E-state index >= 15 is 0 Å². The van der Waals surface area contributed by atoms with Crippen molar-refractivity contribution in [2.24, 2.45) is 11.8 Å². The van der Waals surface area contributed by atoms with Gasteiger partial charge in [-0.25, -0.2) is 0 Å². The summed E-state index contributed by atoms with van der Waals surface area (Å²) in [6, 6.07) is 5.39. The van der Waals surface area contributed by atoms with E-state index < -0.39 is 16.8 Å². The molecule has 0 radical (unpaired) electrons. The number of carbonyl (C=O) groups is 2. The minimum atomic E-state index is -1.25. The summed E-state index contributed by atoms with van der Waals surface area (Å²) in [5.41, 5.74) is -0.418. The Morgan fingerprint density at radius 2 is 1.98 bits per heavy atom. The Morgan fingerprint density at radius 3 is 2.76 bits per heavy atom. The highest BCUT2D eigenvalue weighted by Crippen LogP contribution is 2.67. The van der Waals surface area contributed by atoms with Crippen molar-refractivity contribution in [1.29, 1.82) is 0 Å². The molecule has 1 aromatic carbocycles. The van der Waals surface area contributed by atoms with E-state index in [1.54, 1.807) is 12.1 Å². The Bertz CT molecular complexity index is 1500. The van der Waals surface area contributed by atoms with Gasteiger partial charge in [0.15, 0.2) is 22.8 Å². The van der Waals surface area contributed by atoms with E-state index in [2.05, 4.69) is 15.2 Å². The first-order chi connectivity index (χ1) is 20.1. The lowest BCUT2D eigenvalue weighted by Gasteiger charge is -2.56. The number of hydrogen-bond donors (Lipinski definition) is 0. The first kappa shape index (κ1) is 27.5. The average molecular weight is 575 g/mol. The van der Waals surface area contributed by atoms with Crippen LogP contribution in [-0.4, -0.2) is 81.1 Å². The van der Waals surface area contributed by atoms with E-state index in [1.165, 1.54) is 0 Å². The van der Waals surface area contributed by atoms with Crippen molar-refractivity contribution in [1.82, 2.24) is 19.9 Å². The van der Waals surface area contributed by atoms with Gasteiger partial charge in [0.2, 0.25) is 0 Å². The molecule has 1 saturated carbocycles. The molecule has 1 aromatic heterocycles. The molecule has 8 rings (SSSR count). The monoisotopic (exact) mass is 574 g/mol. The standard InChI is InChI=1S/C32H38N4O6/c1-20(2)8-9-31-29(38)21-16-23-28(37)27-24(6-5-7-25(27)41-32(23,31)26(17-21)30(3,4)42-31)40-19-22-18-36(34-33-22)11-10-35-12-14-39-15-13-35/h5-8,16,18,21,26H,9-15,17,19H2,1-4H3. The lowest BCUT2D eigenvalue weighted by molar-refractivity contribution is -0.171. The van der Waals surface area contributed by atoms with Gasteiger partial charge in [0.25, 0.3) is 0 Å². The van der Waals surface area contributed by atoms with Crippen LogP contribution in [0.25, 0.3) is 0 Å². The minimum absolute atomic E-state index is 0.00550. The summed E-state index contributed by atoms with van der Waals surface area (Å²) in [4.78, 5) is 30.7. The maximum absolute atomic E-state index is 14.4. The molecule has 4 unspecified atom stereocenters. The highest BCUT2D eigenvalue weighted by Gasteiger charge is 2.81. The predicted molar refractivity (Wildman–Crippen MR) is 152 cm³/mol. The Kier molecular flexibility index (Phi) is 6.45. The van der Waals surface area contributed by atoms with E-state index in [1.807, 2.05) is 56.8 Å². The number of ketones is 2. The van der Waals surface area contributed by atoms with Crippen LogP contribution in [0.3, 0.4) is 0 Å². The second-order valence-electron chi connectivity index (χ2n) is 12.9. The smallest absolute Gasteiger partial charge is 0.200 e. The number of benzene rings is 1. The minimum Gasteiger partial charge on any atom is -0.486 e. The number of hydrogen-bond acceptors (Lipinski definition) is 9. The summed E-state index contributed by atoms with van der Waals surface area (Å²) >= 11 is 0. The maximum Gasteiger partial charge on any atom is 0.200 e. The molecule has 3 fully saturated rings. The first-order valence-corrected chi connectivity index (χ1v) is 14.9. The molecular weight excluding hydrogens is 536 g/mol. The molecule has 0 N–H and O–H groups in total. The number of ether oxygens (including phenoxy) is 4. The van der Waals surface area contributed by atoms with E-state index in [4.69, 9.17) is 18.9 Å². The van der Waals surface area contributed by atoms with Crippen LogP contribution < -0.4 is 9.47 Å². The number of Topliss-reactive ketones (excluding diaryl/α,β-unsaturated/α-hetero) is 2. The molecule has 4 bridgehead atoms. The number of morpholine rings is 1. The largest absolute Gasteiger partial charge is 0.486 e. The number of carbonyl (C=O) groups excluding carboxylic acids is 2. The Balaban J connectivity index is 1.16. The normalized spacial score (nSPS) is 30.8. The van der Waals surface area contributed by atoms with Crippen molar-refractivity contribution in [3.63, 3.8) is 0 Å². The highest BCUT2D eigenvalue weighted by atomic mass is 16.6. The van der Waals surface area contributed by atoms with Gasteiger partial charge in [0.05, 0.1) is 31.6 Å². The molecule has 2 aromatic rings. The molecule has 3 aliphatic heterocycles. The molecule has 2 saturated heterocycles. The molecule has 10 heteroatoms. The highest BCUT2D eigenvalue weighted by molar-refractivity contribution is 6.18. The van der Waals surface area contributed by atoms with Gasteiger partial charge in [-0.2, -0.15) is 0 Å². The lowest BCUT2D eigenvalue weighted by Crippen LogP contribution is -2.72. The summed E-state index contributed by atoms with van der Waals surface area (Å²) in [5.74, 6) is 0.165. The molecule has 4 heterocycles. The molecule has 3 aliphatic carbocycles. The van der Waals surface area contributed by atoms with Gasteiger partial charge in [0, 0.05) is 43.5 Å². The maximum atomic E-state index is 14.4. The van der Waals surface area contributed by atoms with Crippen molar-refractivity contribution < 1.29 is 28.5 Å². The quantitative estimate of drug-likeness (QED) is 0.438. The van der Waals surface area contributed by atoms with Crippen LogP contribution in [0.2, 0.25) is 0 Å². The fourth-order valence-electron chi connectivity index (χ4n) is 7.66. The second kappa shape index (κ2) is 9.86. The number of nitrogens with zero attached hydrogens (tertiary/aromatic N) is 4. The fourth-order valence-corrected chi connectivity index (χ4v) is 7.66. The summed E-state index contributed by atoms with van der Waals surface area (Å²) in [5, 5.41) is 8.53. The third-order valence-corrected chi connectivity index (χ3v) is 9.60. The molecule has 10 nitrogen and oxygen atoms in total. The first-order valence-electron chi connectivity index (χ1n) is 14.9. The summed E-state index contributed by atoms with van der Waals surface area (Å²) in [6.07, 6.45) is 6.71. The van der Waals surface area contributed by atoms with Crippen LogP contribution in [0.1, 0.15) is 56.6 Å². The number of allylic oxidation sites excluding steroid dienone is 2. The van der Waals surface area contributed by atoms with Gasteiger partial charge >= 0.3 is 0 Å². The van der Waals surface area contributed by atoms with E-state index in [0.29, 0.717) is 41.2 Å². The summed E-state index contributed by atoms with van der Waals surface area (Å²) in [7, 11) is 0. The van der Waals surface area contributed by atoms with Gasteiger partial charge in [0.1, 0.15) is 29.4 Å². The van der Waals surface area contributed by atoms with Crippen LogP contribution in [0, 0.1) is 11.8 Å². The van der Waals surface area contributed by atoms with Gasteiger partial charge in [-0.3, -0.25) is 19.2 Å². The summed E-state index contributed by atoms with van der Waals surface area (Å²) < 4.78 is 27.0. The Hall–Kier alpha value is -3.34. The van der Waals surface area contributed by atoms with Crippen LogP contribution in [0.4, 0.5) is 0 Å². The van der Waals surface area contributed by atoms with Crippen molar-refractivity contribution in [2.75, 3.05) is 32.8 Å². The van der Waals surface area contributed by atoms with Gasteiger partial charge in [-0.15, -0.1) is 5.10 Å². The molecule has 1 spiro atoms. The number of rotatable bonds is 8. The van der Waals surface area contributed by atoms with Crippen molar-refractivity contribution >= 4 is 11.6 Å². The summed E-state index contributed by atoms with van der Waals surface area (Å²) in [6.45, 7) is 13.2. The third kappa shape index (κ3) is 4.02. The third-order valence-electron chi connectivity index (χ3n) is 9.60. The Labute approximate surface area is 245 Å². The predicted octanol–water partition coefficient (Wildman–Crippen LogP) is 3.55. The number of aromatic nitrogens is 3. The van der Waals surface area contributed by atoms with Gasteiger partial charge in [-0.1, -0.05) is 29.0 Å². The SMILES string of the molecule is CC(C)=CCC12OC(C)(C)C3CC(C=C4C(=O)c5c(OCc6cn(CCN7CCOCC7)nn6)cccc5OC431)C2=O. The van der Waals surface area contributed by atoms with Crippen molar-refractivity contribution in [2.45, 2.75) is 70.5 Å². The zero-order chi connectivity index (χ0) is 29.3. The molecule has 0 amide bonds. The zero-order valence-electron chi connectivity index (χ0n) is 24.7. The van der Waals surface area contributed by atoms with Crippen molar-refractivity contribution in [3.8, 4) is 11.5 Å². The molecule has 42 heavy (non-hydrogen) atoms. The molecule has 222 valence electrons. The Morgan fingerprint density at radius 1 is 1.17 bits per heavy atom. The van der Waals surface area contributed by atoms with Crippen molar-refractivity contribution in [3.05, 3.63) is 59.0 Å².